The molecule has 15 heavy (non-hydrogen) atoms. The van der Waals surface area contributed by atoms with Crippen LogP contribution < -0.4 is 5.32 Å². The Balaban J connectivity index is 2.07. The average molecular weight is 224 g/mol. The SMILES string of the molecule is O=C(CNCCC(F)(F)F)N1CCCC1. The summed E-state index contributed by atoms with van der Waals surface area (Å²) in [6, 6.07) is 0. The third-order valence-electron chi connectivity index (χ3n) is 2.32. The van der Waals surface area contributed by atoms with Gasteiger partial charge in [-0.2, -0.15) is 13.2 Å². The first-order valence-electron chi connectivity index (χ1n) is 5.04. The van der Waals surface area contributed by atoms with Crippen molar-refractivity contribution in [1.29, 1.82) is 0 Å². The lowest BCUT2D eigenvalue weighted by Crippen LogP contribution is -2.37. The Hall–Kier alpha value is -0.780. The van der Waals surface area contributed by atoms with E-state index in [9.17, 15) is 18.0 Å². The van der Waals surface area contributed by atoms with Crippen molar-refractivity contribution in [3.63, 3.8) is 0 Å². The van der Waals surface area contributed by atoms with E-state index in [2.05, 4.69) is 5.32 Å². The molecule has 1 amide bonds. The molecule has 3 nitrogen and oxygen atoms in total. The van der Waals surface area contributed by atoms with E-state index >= 15 is 0 Å². The van der Waals surface area contributed by atoms with Crippen LogP contribution in [0.5, 0.6) is 0 Å². The second kappa shape index (κ2) is 5.34. The summed E-state index contributed by atoms with van der Waals surface area (Å²) in [5.74, 6) is -0.102. The van der Waals surface area contributed by atoms with E-state index in [1.54, 1.807) is 4.90 Å². The second-order valence-corrected chi connectivity index (χ2v) is 3.63. The van der Waals surface area contributed by atoms with Gasteiger partial charge >= 0.3 is 6.18 Å². The lowest BCUT2D eigenvalue weighted by atomic mass is 10.4. The lowest BCUT2D eigenvalue weighted by molar-refractivity contribution is -0.135. The van der Waals surface area contributed by atoms with E-state index in [0.717, 1.165) is 25.9 Å². The van der Waals surface area contributed by atoms with Gasteiger partial charge in [-0.15, -0.1) is 0 Å². The van der Waals surface area contributed by atoms with Crippen LogP contribution in [0.2, 0.25) is 0 Å². The summed E-state index contributed by atoms with van der Waals surface area (Å²) in [6.07, 6.45) is -3.05. The smallest absolute Gasteiger partial charge is 0.342 e. The number of likely N-dealkylation sites (tertiary alicyclic amines) is 1. The van der Waals surface area contributed by atoms with Crippen LogP contribution in [0.25, 0.3) is 0 Å². The molecule has 0 atom stereocenters. The largest absolute Gasteiger partial charge is 0.390 e. The van der Waals surface area contributed by atoms with E-state index < -0.39 is 12.6 Å². The Morgan fingerprint density at radius 3 is 2.40 bits per heavy atom. The third kappa shape index (κ3) is 5.01. The zero-order chi connectivity index (χ0) is 11.3. The van der Waals surface area contributed by atoms with Crippen molar-refractivity contribution in [3.8, 4) is 0 Å². The molecule has 1 heterocycles. The van der Waals surface area contributed by atoms with Crippen LogP contribution in [0.4, 0.5) is 13.2 Å². The van der Waals surface area contributed by atoms with Gasteiger partial charge in [-0.3, -0.25) is 4.79 Å². The highest BCUT2D eigenvalue weighted by atomic mass is 19.4. The molecule has 0 aromatic carbocycles. The number of carbonyl (C=O) groups is 1. The Morgan fingerprint density at radius 2 is 1.87 bits per heavy atom. The number of hydrogen-bond acceptors (Lipinski definition) is 2. The summed E-state index contributed by atoms with van der Waals surface area (Å²) in [4.78, 5) is 13.0. The third-order valence-corrected chi connectivity index (χ3v) is 2.32. The predicted molar refractivity (Wildman–Crippen MR) is 49.4 cm³/mol. The van der Waals surface area contributed by atoms with Crippen molar-refractivity contribution in [3.05, 3.63) is 0 Å². The van der Waals surface area contributed by atoms with Crippen LogP contribution in [-0.2, 0) is 4.79 Å². The van der Waals surface area contributed by atoms with Crippen LogP contribution in [-0.4, -0.2) is 43.2 Å². The highest BCUT2D eigenvalue weighted by molar-refractivity contribution is 5.78. The minimum Gasteiger partial charge on any atom is -0.342 e. The molecule has 88 valence electrons. The minimum atomic E-state index is -4.15. The molecule has 1 saturated heterocycles. The van der Waals surface area contributed by atoms with E-state index in [4.69, 9.17) is 0 Å². The number of halogens is 3. The summed E-state index contributed by atoms with van der Waals surface area (Å²) in [6.45, 7) is 1.29. The van der Waals surface area contributed by atoms with E-state index in [1.165, 1.54) is 0 Å². The van der Waals surface area contributed by atoms with Gasteiger partial charge in [0.05, 0.1) is 13.0 Å². The zero-order valence-corrected chi connectivity index (χ0v) is 8.44. The van der Waals surface area contributed by atoms with Gasteiger partial charge in [-0.25, -0.2) is 0 Å². The van der Waals surface area contributed by atoms with E-state index in [0.29, 0.717) is 0 Å². The number of carbonyl (C=O) groups excluding carboxylic acids is 1. The highest BCUT2D eigenvalue weighted by Gasteiger charge is 2.26. The first-order valence-corrected chi connectivity index (χ1v) is 5.04. The minimum absolute atomic E-state index is 0.01000. The monoisotopic (exact) mass is 224 g/mol. The van der Waals surface area contributed by atoms with Crippen molar-refractivity contribution >= 4 is 5.91 Å². The number of alkyl halides is 3. The maximum absolute atomic E-state index is 11.7. The van der Waals surface area contributed by atoms with E-state index in [-0.39, 0.29) is 19.0 Å². The number of rotatable bonds is 4. The van der Waals surface area contributed by atoms with Gasteiger partial charge in [0.25, 0.3) is 0 Å². The fourth-order valence-electron chi connectivity index (χ4n) is 1.50. The predicted octanol–water partition coefficient (Wildman–Crippen LogP) is 1.15. The Labute approximate surface area is 86.6 Å². The van der Waals surface area contributed by atoms with Gasteiger partial charge in [0.2, 0.25) is 5.91 Å². The number of nitrogens with one attached hydrogen (secondary N) is 1. The van der Waals surface area contributed by atoms with Crippen LogP contribution in [0, 0.1) is 0 Å². The fourth-order valence-corrected chi connectivity index (χ4v) is 1.50. The molecule has 1 aliphatic heterocycles. The number of nitrogens with zero attached hydrogens (tertiary/aromatic N) is 1. The standard InChI is InChI=1S/C9H15F3N2O/c10-9(11,12)3-4-13-7-8(15)14-5-1-2-6-14/h13H,1-7H2. The van der Waals surface area contributed by atoms with Crippen LogP contribution in [0.3, 0.4) is 0 Å². The molecule has 0 bridgehead atoms. The molecular weight excluding hydrogens is 209 g/mol. The number of amides is 1. The molecule has 0 unspecified atom stereocenters. The van der Waals surface area contributed by atoms with Gasteiger partial charge in [0.15, 0.2) is 0 Å². The lowest BCUT2D eigenvalue weighted by Gasteiger charge is -2.15. The maximum atomic E-state index is 11.7. The first-order chi connectivity index (χ1) is 6.99. The summed E-state index contributed by atoms with van der Waals surface area (Å²) in [5, 5.41) is 2.51. The van der Waals surface area contributed by atoms with Crippen molar-refractivity contribution in [2.75, 3.05) is 26.2 Å². The van der Waals surface area contributed by atoms with Crippen LogP contribution in [0.1, 0.15) is 19.3 Å². The Morgan fingerprint density at radius 1 is 1.27 bits per heavy atom. The summed E-state index contributed by atoms with van der Waals surface area (Å²) < 4.78 is 35.2. The number of hydrogen-bond donors (Lipinski definition) is 1. The van der Waals surface area contributed by atoms with Crippen molar-refractivity contribution in [1.82, 2.24) is 10.2 Å². The van der Waals surface area contributed by atoms with Crippen molar-refractivity contribution in [2.45, 2.75) is 25.4 Å². The second-order valence-electron chi connectivity index (χ2n) is 3.63. The Kier molecular flexibility index (Phi) is 4.38. The van der Waals surface area contributed by atoms with Gasteiger partial charge in [0.1, 0.15) is 0 Å². The molecule has 1 aliphatic rings. The molecule has 0 spiro atoms. The molecule has 0 aliphatic carbocycles. The summed E-state index contributed by atoms with van der Waals surface area (Å²) in [5.41, 5.74) is 0. The summed E-state index contributed by atoms with van der Waals surface area (Å²) in [7, 11) is 0. The fraction of sp³-hybridized carbons (Fsp3) is 0.889. The molecule has 0 saturated carbocycles. The quantitative estimate of drug-likeness (QED) is 0.726. The first kappa shape index (κ1) is 12.3. The van der Waals surface area contributed by atoms with Crippen molar-refractivity contribution in [2.24, 2.45) is 0 Å². The molecule has 1 N–H and O–H groups in total. The van der Waals surface area contributed by atoms with Gasteiger partial charge in [-0.05, 0) is 12.8 Å². The van der Waals surface area contributed by atoms with Gasteiger partial charge in [-0.1, -0.05) is 0 Å². The molecule has 0 radical (unpaired) electrons. The molecule has 0 aromatic heterocycles. The molecule has 1 fully saturated rings. The maximum Gasteiger partial charge on any atom is 0.390 e. The average Bonchev–Trinajstić information content (AvgIpc) is 2.63. The van der Waals surface area contributed by atoms with Crippen molar-refractivity contribution < 1.29 is 18.0 Å². The highest BCUT2D eigenvalue weighted by Crippen LogP contribution is 2.18. The van der Waals surface area contributed by atoms with Gasteiger partial charge < -0.3 is 10.2 Å². The molecular formula is C9H15F3N2O. The Bertz CT molecular complexity index is 212. The van der Waals surface area contributed by atoms with E-state index in [1.807, 2.05) is 0 Å². The molecule has 6 heteroatoms. The molecule has 1 rings (SSSR count). The normalized spacial score (nSPS) is 17.1. The zero-order valence-electron chi connectivity index (χ0n) is 8.44. The van der Waals surface area contributed by atoms with Crippen LogP contribution >= 0.6 is 0 Å². The van der Waals surface area contributed by atoms with Crippen LogP contribution in [0.15, 0.2) is 0 Å². The summed E-state index contributed by atoms with van der Waals surface area (Å²) >= 11 is 0. The molecule has 0 aromatic rings. The topological polar surface area (TPSA) is 32.3 Å². The van der Waals surface area contributed by atoms with Gasteiger partial charge in [0, 0.05) is 19.6 Å².